The zero-order valence-corrected chi connectivity index (χ0v) is 19.1. The molecular formula is C21H18BrF3N4O2S. The monoisotopic (exact) mass is 526 g/mol. The largest absolute Gasteiger partial charge is 0.493 e. The maximum atomic E-state index is 12.8. The predicted molar refractivity (Wildman–Crippen MR) is 122 cm³/mol. The van der Waals surface area contributed by atoms with E-state index in [9.17, 15) is 18.0 Å². The van der Waals surface area contributed by atoms with Gasteiger partial charge in [0.05, 0.1) is 30.5 Å². The van der Waals surface area contributed by atoms with E-state index in [1.165, 1.54) is 29.7 Å². The number of carbonyl (C=O) groups excluding carboxylic acids is 1. The van der Waals surface area contributed by atoms with E-state index in [4.69, 9.17) is 4.74 Å². The van der Waals surface area contributed by atoms with Crippen LogP contribution in [0.4, 0.5) is 24.0 Å². The van der Waals surface area contributed by atoms with Crippen molar-refractivity contribution >= 4 is 50.2 Å². The smallest absolute Gasteiger partial charge is 0.416 e. The number of hydrogen-bond donors (Lipinski definition) is 2. The van der Waals surface area contributed by atoms with Gasteiger partial charge in [-0.15, -0.1) is 11.3 Å². The van der Waals surface area contributed by atoms with Gasteiger partial charge in [-0.3, -0.25) is 4.79 Å². The van der Waals surface area contributed by atoms with Crippen molar-refractivity contribution in [3.05, 3.63) is 69.1 Å². The van der Waals surface area contributed by atoms with E-state index in [0.29, 0.717) is 28.7 Å². The van der Waals surface area contributed by atoms with Gasteiger partial charge in [-0.2, -0.15) is 18.3 Å². The minimum atomic E-state index is -4.43. The number of hydrazone groups is 1. The molecule has 6 nitrogen and oxygen atoms in total. The van der Waals surface area contributed by atoms with E-state index >= 15 is 0 Å². The number of amides is 1. The fourth-order valence-electron chi connectivity index (χ4n) is 2.63. The third-order valence-electron chi connectivity index (χ3n) is 4.00. The van der Waals surface area contributed by atoms with Crippen LogP contribution >= 0.6 is 27.3 Å². The van der Waals surface area contributed by atoms with Gasteiger partial charge in [-0.1, -0.05) is 22.0 Å². The van der Waals surface area contributed by atoms with E-state index in [1.54, 1.807) is 11.4 Å². The Kier molecular flexibility index (Phi) is 7.86. The fourth-order valence-corrected chi connectivity index (χ4v) is 3.74. The van der Waals surface area contributed by atoms with Gasteiger partial charge in [-0.05, 0) is 43.3 Å². The van der Waals surface area contributed by atoms with Gasteiger partial charge in [0.1, 0.15) is 5.75 Å². The van der Waals surface area contributed by atoms with Crippen LogP contribution in [0.1, 0.15) is 23.7 Å². The average molecular weight is 527 g/mol. The first-order valence-corrected chi connectivity index (χ1v) is 11.0. The number of ether oxygens (including phenoxy) is 1. The number of nitrogens with zero attached hydrogens (tertiary/aromatic N) is 2. The first-order valence-electron chi connectivity index (χ1n) is 9.37. The van der Waals surface area contributed by atoms with Crippen LogP contribution < -0.4 is 15.5 Å². The summed E-state index contributed by atoms with van der Waals surface area (Å²) < 4.78 is 44.9. The second kappa shape index (κ2) is 10.6. The number of benzene rings is 2. The molecule has 0 fully saturated rings. The van der Waals surface area contributed by atoms with Crippen LogP contribution in [0.25, 0.3) is 0 Å². The van der Waals surface area contributed by atoms with Crippen LogP contribution in [0.3, 0.4) is 0 Å². The molecule has 0 spiro atoms. The molecule has 2 N–H and O–H groups in total. The van der Waals surface area contributed by atoms with Gasteiger partial charge in [0, 0.05) is 21.1 Å². The minimum absolute atomic E-state index is 0.0328. The lowest BCUT2D eigenvalue weighted by Crippen LogP contribution is -2.20. The van der Waals surface area contributed by atoms with E-state index < -0.39 is 11.7 Å². The highest BCUT2D eigenvalue weighted by atomic mass is 79.9. The number of halogens is 4. The summed E-state index contributed by atoms with van der Waals surface area (Å²) in [5.41, 5.74) is 3.10. The Morgan fingerprint density at radius 2 is 2.09 bits per heavy atom. The van der Waals surface area contributed by atoms with Crippen LogP contribution in [-0.4, -0.2) is 23.7 Å². The number of rotatable bonds is 8. The number of thiazole rings is 1. The lowest BCUT2D eigenvalue weighted by Gasteiger charge is -2.08. The molecule has 0 saturated carbocycles. The van der Waals surface area contributed by atoms with E-state index in [-0.39, 0.29) is 18.0 Å². The molecule has 1 aromatic heterocycles. The van der Waals surface area contributed by atoms with Crippen LogP contribution in [0.5, 0.6) is 5.75 Å². The first-order chi connectivity index (χ1) is 15.2. The second-order valence-electron chi connectivity index (χ2n) is 6.43. The Bertz CT molecular complexity index is 1120. The summed E-state index contributed by atoms with van der Waals surface area (Å²) in [6.07, 6.45) is -2.98. The van der Waals surface area contributed by atoms with Crippen LogP contribution in [0, 0.1) is 0 Å². The maximum Gasteiger partial charge on any atom is 0.416 e. The SMILES string of the molecule is CCOc1ccc(Br)cc1/C=N\NC(=O)Cc1csc(Nc2cccc(C(F)(F)F)c2)n1. The zero-order chi connectivity index (χ0) is 23.1. The summed E-state index contributed by atoms with van der Waals surface area (Å²) in [4.78, 5) is 16.4. The summed E-state index contributed by atoms with van der Waals surface area (Å²) in [7, 11) is 0. The summed E-state index contributed by atoms with van der Waals surface area (Å²) in [6.45, 7) is 2.37. The lowest BCUT2D eigenvalue weighted by molar-refractivity contribution is -0.137. The van der Waals surface area contributed by atoms with Crippen LogP contribution in [0.2, 0.25) is 0 Å². The van der Waals surface area contributed by atoms with E-state index in [2.05, 4.69) is 36.8 Å². The van der Waals surface area contributed by atoms with Crippen LogP contribution in [0.15, 0.2) is 57.4 Å². The molecule has 0 atom stereocenters. The second-order valence-corrected chi connectivity index (χ2v) is 8.21. The van der Waals surface area contributed by atoms with Gasteiger partial charge in [0.15, 0.2) is 5.13 Å². The highest BCUT2D eigenvalue weighted by Gasteiger charge is 2.30. The summed E-state index contributed by atoms with van der Waals surface area (Å²) in [5, 5.41) is 8.82. The number of hydrogen-bond acceptors (Lipinski definition) is 6. The predicted octanol–water partition coefficient (Wildman–Crippen LogP) is 5.76. The number of alkyl halides is 3. The van der Waals surface area contributed by atoms with Gasteiger partial charge < -0.3 is 10.1 Å². The Morgan fingerprint density at radius 3 is 2.84 bits per heavy atom. The third-order valence-corrected chi connectivity index (χ3v) is 5.30. The fraction of sp³-hybridized carbons (Fsp3) is 0.190. The molecule has 0 saturated heterocycles. The van der Waals surface area contributed by atoms with Crippen molar-refractivity contribution in [1.29, 1.82) is 0 Å². The normalized spacial score (nSPS) is 11.5. The number of anilines is 2. The van der Waals surface area contributed by atoms with Crippen molar-refractivity contribution in [2.75, 3.05) is 11.9 Å². The third kappa shape index (κ3) is 6.79. The van der Waals surface area contributed by atoms with Crippen molar-refractivity contribution in [3.63, 3.8) is 0 Å². The molecule has 168 valence electrons. The Hall–Kier alpha value is -2.92. The first kappa shape index (κ1) is 23.7. The molecule has 0 bridgehead atoms. The van der Waals surface area contributed by atoms with Crippen molar-refractivity contribution in [2.45, 2.75) is 19.5 Å². The molecule has 0 aliphatic heterocycles. The molecule has 0 radical (unpaired) electrons. The van der Waals surface area contributed by atoms with Gasteiger partial charge in [-0.25, -0.2) is 10.4 Å². The quantitative estimate of drug-likeness (QED) is 0.289. The maximum absolute atomic E-state index is 12.8. The Balaban J connectivity index is 1.57. The van der Waals surface area contributed by atoms with Crippen LogP contribution in [-0.2, 0) is 17.4 Å². The number of aromatic nitrogens is 1. The van der Waals surface area contributed by atoms with Crippen molar-refractivity contribution in [1.82, 2.24) is 10.4 Å². The number of carbonyl (C=O) groups is 1. The summed E-state index contributed by atoms with van der Waals surface area (Å²) in [5.74, 6) is 0.253. The van der Waals surface area contributed by atoms with Crippen molar-refractivity contribution in [2.24, 2.45) is 5.10 Å². The molecule has 3 rings (SSSR count). The average Bonchev–Trinajstić information content (AvgIpc) is 3.16. The summed E-state index contributed by atoms with van der Waals surface area (Å²) >= 11 is 4.56. The Labute approximate surface area is 194 Å². The van der Waals surface area contributed by atoms with Crippen molar-refractivity contribution < 1.29 is 22.7 Å². The standard InChI is InChI=1S/C21H18BrF3N4O2S/c1-2-31-18-7-6-15(22)8-13(18)11-26-29-19(30)10-17-12-32-20(28-17)27-16-5-3-4-14(9-16)21(23,24)25/h3-9,11-12H,2,10H2,1H3,(H,27,28)(H,29,30)/b26-11-. The summed E-state index contributed by atoms with van der Waals surface area (Å²) in [6, 6.07) is 10.3. The highest BCUT2D eigenvalue weighted by Crippen LogP contribution is 2.31. The minimum Gasteiger partial charge on any atom is -0.493 e. The Morgan fingerprint density at radius 1 is 1.28 bits per heavy atom. The molecule has 0 aliphatic carbocycles. The molecular weight excluding hydrogens is 509 g/mol. The molecule has 3 aromatic rings. The zero-order valence-electron chi connectivity index (χ0n) is 16.7. The molecule has 2 aromatic carbocycles. The number of nitrogens with one attached hydrogen (secondary N) is 2. The molecule has 32 heavy (non-hydrogen) atoms. The molecule has 1 amide bonds. The topological polar surface area (TPSA) is 75.6 Å². The lowest BCUT2D eigenvalue weighted by atomic mass is 10.2. The van der Waals surface area contributed by atoms with E-state index in [0.717, 1.165) is 16.6 Å². The van der Waals surface area contributed by atoms with Gasteiger partial charge in [0.2, 0.25) is 5.91 Å². The van der Waals surface area contributed by atoms with E-state index in [1.807, 2.05) is 19.1 Å². The molecule has 0 unspecified atom stereocenters. The highest BCUT2D eigenvalue weighted by molar-refractivity contribution is 9.10. The van der Waals surface area contributed by atoms with Crippen molar-refractivity contribution in [3.8, 4) is 5.75 Å². The molecule has 11 heteroatoms. The van der Waals surface area contributed by atoms with Gasteiger partial charge >= 0.3 is 6.18 Å². The molecule has 0 aliphatic rings. The van der Waals surface area contributed by atoms with Gasteiger partial charge in [0.25, 0.3) is 0 Å². The molecule has 1 heterocycles.